The molecule has 0 aromatic rings. The Bertz CT molecular complexity index is 552. The quantitative estimate of drug-likeness (QED) is 0.388. The Morgan fingerprint density at radius 2 is 1.38 bits per heavy atom. The third-order valence-electron chi connectivity index (χ3n) is 4.15. The van der Waals surface area contributed by atoms with Crippen LogP contribution in [0.5, 0.6) is 0 Å². The van der Waals surface area contributed by atoms with Gasteiger partial charge in [0, 0.05) is 0 Å². The number of hydrogen-bond donors (Lipinski definition) is 1. The average Bonchev–Trinajstić information content (AvgIpc) is 3.33. The molecule has 0 spiro atoms. The molecule has 13 nitrogen and oxygen atoms in total. The van der Waals surface area contributed by atoms with E-state index in [4.69, 9.17) is 18.9 Å². The molecule has 164 valence electrons. The summed E-state index contributed by atoms with van der Waals surface area (Å²) in [7, 11) is 0. The molecule has 2 saturated heterocycles. The van der Waals surface area contributed by atoms with E-state index in [0.717, 1.165) is 0 Å². The highest BCUT2D eigenvalue weighted by atomic mass is 16.8. The lowest BCUT2D eigenvalue weighted by molar-refractivity contribution is -0.0505. The number of hydrogen-bond acceptors (Lipinski definition) is 13. The van der Waals surface area contributed by atoms with E-state index >= 15 is 0 Å². The molecule has 2 aliphatic rings. The molecular formula is C16H22O13. The van der Waals surface area contributed by atoms with Gasteiger partial charge in [0.05, 0.1) is 12.0 Å². The highest BCUT2D eigenvalue weighted by Crippen LogP contribution is 2.23. The molecule has 0 radical (unpaired) electrons. The summed E-state index contributed by atoms with van der Waals surface area (Å²) in [6.45, 7) is 0.0640. The molecule has 2 aliphatic heterocycles. The van der Waals surface area contributed by atoms with Crippen LogP contribution in [0.1, 0.15) is 13.3 Å². The second-order valence-electron chi connectivity index (χ2n) is 6.31. The predicted octanol–water partition coefficient (Wildman–Crippen LogP) is 0.752. The van der Waals surface area contributed by atoms with Gasteiger partial charge in [0.15, 0.2) is 12.2 Å². The molecule has 0 aromatic heterocycles. The molecule has 2 heterocycles. The first-order valence-electron chi connectivity index (χ1n) is 8.72. The van der Waals surface area contributed by atoms with Crippen molar-refractivity contribution in [2.24, 2.45) is 5.41 Å². The molecule has 0 bridgehead atoms. The molecule has 29 heavy (non-hydrogen) atoms. The SMILES string of the molecule is CCC(CO)(COC(=O)OCC1COC(=O)O1)COC(=O)OCC1COC(=O)O1. The van der Waals surface area contributed by atoms with Crippen molar-refractivity contribution < 1.29 is 62.2 Å². The Balaban J connectivity index is 1.68. The summed E-state index contributed by atoms with van der Waals surface area (Å²) in [6.07, 6.45) is -4.93. The largest absolute Gasteiger partial charge is 0.508 e. The topological polar surface area (TPSA) is 162 Å². The Kier molecular flexibility index (Phi) is 8.12. The maximum Gasteiger partial charge on any atom is 0.508 e. The van der Waals surface area contributed by atoms with E-state index in [-0.39, 0.29) is 39.6 Å². The lowest BCUT2D eigenvalue weighted by Crippen LogP contribution is -2.38. The van der Waals surface area contributed by atoms with Gasteiger partial charge in [-0.2, -0.15) is 0 Å². The highest BCUT2D eigenvalue weighted by molar-refractivity contribution is 5.63. The van der Waals surface area contributed by atoms with Crippen LogP contribution < -0.4 is 0 Å². The third kappa shape index (κ3) is 7.18. The van der Waals surface area contributed by atoms with Crippen LogP contribution in [0.2, 0.25) is 0 Å². The minimum Gasteiger partial charge on any atom is -0.433 e. The van der Waals surface area contributed by atoms with Gasteiger partial charge in [-0.25, -0.2) is 19.2 Å². The summed E-state index contributed by atoms with van der Waals surface area (Å²) < 4.78 is 38.0. The number of carbonyl (C=O) groups is 4. The summed E-state index contributed by atoms with van der Waals surface area (Å²) in [5.41, 5.74) is -1.08. The third-order valence-corrected chi connectivity index (χ3v) is 4.15. The summed E-state index contributed by atoms with van der Waals surface area (Å²) in [5.74, 6) is 0. The Morgan fingerprint density at radius 3 is 1.69 bits per heavy atom. The van der Waals surface area contributed by atoms with E-state index < -0.39 is 48.9 Å². The number of aliphatic hydroxyl groups is 1. The molecule has 2 rings (SSSR count). The van der Waals surface area contributed by atoms with Gasteiger partial charge in [-0.15, -0.1) is 0 Å². The summed E-state index contributed by atoms with van der Waals surface area (Å²) >= 11 is 0. The molecule has 1 N–H and O–H groups in total. The van der Waals surface area contributed by atoms with Crippen LogP contribution in [-0.4, -0.2) is 88.2 Å². The normalized spacial score (nSPS) is 22.4. The fourth-order valence-electron chi connectivity index (χ4n) is 2.17. The van der Waals surface area contributed by atoms with Crippen molar-refractivity contribution >= 4 is 24.6 Å². The van der Waals surface area contributed by atoms with Gasteiger partial charge in [0.2, 0.25) is 0 Å². The van der Waals surface area contributed by atoms with E-state index in [1.807, 2.05) is 0 Å². The van der Waals surface area contributed by atoms with Gasteiger partial charge < -0.3 is 43.0 Å². The molecule has 2 fully saturated rings. The highest BCUT2D eigenvalue weighted by Gasteiger charge is 2.33. The van der Waals surface area contributed by atoms with Gasteiger partial charge >= 0.3 is 24.6 Å². The van der Waals surface area contributed by atoms with Crippen LogP contribution in [0, 0.1) is 5.41 Å². The van der Waals surface area contributed by atoms with E-state index in [0.29, 0.717) is 6.42 Å². The van der Waals surface area contributed by atoms with Crippen molar-refractivity contribution in [2.45, 2.75) is 25.6 Å². The smallest absolute Gasteiger partial charge is 0.433 e. The molecule has 0 saturated carbocycles. The van der Waals surface area contributed by atoms with E-state index in [1.54, 1.807) is 6.92 Å². The maximum absolute atomic E-state index is 11.7. The number of rotatable bonds is 10. The number of ether oxygens (including phenoxy) is 8. The van der Waals surface area contributed by atoms with Crippen molar-refractivity contribution in [3.63, 3.8) is 0 Å². The van der Waals surface area contributed by atoms with Gasteiger partial charge in [-0.3, -0.25) is 0 Å². The Morgan fingerprint density at radius 1 is 0.931 bits per heavy atom. The molecule has 13 heteroatoms. The molecular weight excluding hydrogens is 400 g/mol. The van der Waals surface area contributed by atoms with E-state index in [9.17, 15) is 24.3 Å². The molecule has 2 atom stereocenters. The standard InChI is InChI=1S/C16H22O13/c1-2-16(7-17,8-26-12(18)22-3-10-5-24-14(20)28-10)9-27-13(19)23-4-11-6-25-15(21)29-11/h10-11,17H,2-9H2,1H3. The second kappa shape index (κ2) is 10.5. The molecule has 0 aliphatic carbocycles. The summed E-state index contributed by atoms with van der Waals surface area (Å²) in [4.78, 5) is 44.9. The fraction of sp³-hybridized carbons (Fsp3) is 0.750. The van der Waals surface area contributed by atoms with Crippen molar-refractivity contribution in [2.75, 3.05) is 46.2 Å². The monoisotopic (exact) mass is 422 g/mol. The van der Waals surface area contributed by atoms with Gasteiger partial charge in [0.25, 0.3) is 0 Å². The van der Waals surface area contributed by atoms with E-state index in [2.05, 4.69) is 18.9 Å². The second-order valence-corrected chi connectivity index (χ2v) is 6.31. The first-order valence-corrected chi connectivity index (χ1v) is 8.72. The minimum atomic E-state index is -1.08. The fourth-order valence-corrected chi connectivity index (χ4v) is 2.17. The van der Waals surface area contributed by atoms with Gasteiger partial charge in [-0.05, 0) is 6.42 Å². The summed E-state index contributed by atoms with van der Waals surface area (Å²) in [6, 6.07) is 0. The van der Waals surface area contributed by atoms with Crippen molar-refractivity contribution in [3.8, 4) is 0 Å². The van der Waals surface area contributed by atoms with Crippen LogP contribution >= 0.6 is 0 Å². The van der Waals surface area contributed by atoms with E-state index in [1.165, 1.54) is 0 Å². The van der Waals surface area contributed by atoms with Crippen molar-refractivity contribution in [3.05, 3.63) is 0 Å². The average molecular weight is 422 g/mol. The maximum atomic E-state index is 11.7. The zero-order valence-electron chi connectivity index (χ0n) is 15.7. The summed E-state index contributed by atoms with van der Waals surface area (Å²) in [5, 5.41) is 9.65. The Hall–Kier alpha value is -2.96. The van der Waals surface area contributed by atoms with Gasteiger partial charge in [-0.1, -0.05) is 6.92 Å². The zero-order chi connectivity index (χ0) is 21.3. The Labute approximate surface area is 165 Å². The van der Waals surface area contributed by atoms with Crippen LogP contribution in [0.3, 0.4) is 0 Å². The van der Waals surface area contributed by atoms with Crippen LogP contribution in [0.4, 0.5) is 19.2 Å². The first kappa shape index (κ1) is 22.3. The molecule has 0 amide bonds. The lowest BCUT2D eigenvalue weighted by atomic mass is 9.88. The van der Waals surface area contributed by atoms with Crippen LogP contribution in [-0.2, 0) is 37.9 Å². The van der Waals surface area contributed by atoms with Gasteiger partial charge in [0.1, 0.15) is 39.6 Å². The zero-order valence-corrected chi connectivity index (χ0v) is 15.7. The molecule has 0 aromatic carbocycles. The van der Waals surface area contributed by atoms with Crippen molar-refractivity contribution in [1.82, 2.24) is 0 Å². The minimum absolute atomic E-state index is 0.0379. The predicted molar refractivity (Wildman–Crippen MR) is 86.9 cm³/mol. The number of cyclic esters (lactones) is 4. The van der Waals surface area contributed by atoms with Crippen LogP contribution in [0.15, 0.2) is 0 Å². The first-order chi connectivity index (χ1) is 13.9. The lowest BCUT2D eigenvalue weighted by Gasteiger charge is -2.29. The van der Waals surface area contributed by atoms with Crippen LogP contribution in [0.25, 0.3) is 0 Å². The number of aliphatic hydroxyl groups excluding tert-OH is 1. The molecule has 2 unspecified atom stereocenters. The van der Waals surface area contributed by atoms with Crippen molar-refractivity contribution in [1.29, 1.82) is 0 Å². The number of carbonyl (C=O) groups excluding carboxylic acids is 4.